The maximum atomic E-state index is 11.8. The number of hydrogen-bond donors (Lipinski definition) is 3. The first-order valence-corrected chi connectivity index (χ1v) is 9.31. The van der Waals surface area contributed by atoms with Crippen LogP contribution >= 0.6 is 0 Å². The molecule has 8 heteroatoms. The predicted molar refractivity (Wildman–Crippen MR) is 106 cm³/mol. The van der Waals surface area contributed by atoms with Gasteiger partial charge in [0.15, 0.2) is 5.96 Å². The maximum Gasteiger partial charge on any atom is 0.239 e. The fourth-order valence-electron chi connectivity index (χ4n) is 2.73. The molecular weight excluding hydrogens is 346 g/mol. The van der Waals surface area contributed by atoms with Gasteiger partial charge in [0.25, 0.3) is 0 Å². The third-order valence-corrected chi connectivity index (χ3v) is 4.13. The molecule has 8 nitrogen and oxygen atoms in total. The molecule has 1 fully saturated rings. The molecular formula is C19H29N5O3. The van der Waals surface area contributed by atoms with Crippen molar-refractivity contribution in [2.45, 2.75) is 26.3 Å². The van der Waals surface area contributed by atoms with Gasteiger partial charge in [-0.2, -0.15) is 0 Å². The largest absolute Gasteiger partial charge is 0.383 e. The number of ether oxygens (including phenoxy) is 1. The van der Waals surface area contributed by atoms with E-state index in [-0.39, 0.29) is 18.4 Å². The summed E-state index contributed by atoms with van der Waals surface area (Å²) in [5.41, 5.74) is 1.97. The first-order valence-electron chi connectivity index (χ1n) is 9.31. The molecule has 148 valence electrons. The van der Waals surface area contributed by atoms with Gasteiger partial charge in [0.1, 0.15) is 0 Å². The minimum absolute atomic E-state index is 0.114. The fraction of sp³-hybridized carbons (Fsp3) is 0.526. The number of carbonyl (C=O) groups is 2. The van der Waals surface area contributed by atoms with Crippen molar-refractivity contribution in [3.63, 3.8) is 0 Å². The number of rotatable bonds is 9. The van der Waals surface area contributed by atoms with Gasteiger partial charge in [0.05, 0.1) is 19.7 Å². The highest BCUT2D eigenvalue weighted by Gasteiger charge is 2.21. The Hall–Kier alpha value is -2.61. The van der Waals surface area contributed by atoms with E-state index in [1.54, 1.807) is 7.11 Å². The lowest BCUT2D eigenvalue weighted by Crippen LogP contribution is -2.43. The van der Waals surface area contributed by atoms with Crippen molar-refractivity contribution in [3.8, 4) is 0 Å². The molecule has 0 saturated carbocycles. The number of benzene rings is 1. The summed E-state index contributed by atoms with van der Waals surface area (Å²) in [5, 5.41) is 8.88. The predicted octanol–water partition coefficient (Wildman–Crippen LogP) is 0.631. The van der Waals surface area contributed by atoms with Crippen molar-refractivity contribution in [3.05, 3.63) is 29.8 Å². The van der Waals surface area contributed by atoms with Gasteiger partial charge in [-0.3, -0.25) is 9.59 Å². The van der Waals surface area contributed by atoms with Crippen LogP contribution < -0.4 is 20.9 Å². The van der Waals surface area contributed by atoms with Crippen molar-refractivity contribution in [2.24, 2.45) is 4.99 Å². The number of guanidine groups is 1. The van der Waals surface area contributed by atoms with E-state index in [2.05, 4.69) is 20.9 Å². The molecule has 1 aromatic carbocycles. The normalized spacial score (nSPS) is 14.4. The molecule has 0 radical (unpaired) electrons. The second-order valence-electron chi connectivity index (χ2n) is 6.21. The van der Waals surface area contributed by atoms with Crippen LogP contribution in [0.4, 0.5) is 5.69 Å². The minimum atomic E-state index is -0.114. The van der Waals surface area contributed by atoms with Gasteiger partial charge in [0.2, 0.25) is 11.8 Å². The van der Waals surface area contributed by atoms with Gasteiger partial charge >= 0.3 is 0 Å². The SMILES string of the molecule is CCNC(=NCc1ccc(N2CCCC2=O)cc1)NCC(=O)NCCOC. The molecule has 0 bridgehead atoms. The number of nitrogens with zero attached hydrogens (tertiary/aromatic N) is 2. The molecule has 1 saturated heterocycles. The van der Waals surface area contributed by atoms with E-state index in [4.69, 9.17) is 4.74 Å². The zero-order valence-corrected chi connectivity index (χ0v) is 16.1. The number of hydrogen-bond acceptors (Lipinski definition) is 4. The Bertz CT molecular complexity index is 645. The van der Waals surface area contributed by atoms with Crippen molar-refractivity contribution >= 4 is 23.5 Å². The summed E-state index contributed by atoms with van der Waals surface area (Å²) in [7, 11) is 1.59. The molecule has 0 atom stereocenters. The average molecular weight is 375 g/mol. The van der Waals surface area contributed by atoms with Crippen LogP contribution in [0.3, 0.4) is 0 Å². The Morgan fingerprint density at radius 2 is 2.00 bits per heavy atom. The van der Waals surface area contributed by atoms with Crippen LogP contribution in [-0.2, 0) is 20.9 Å². The first-order chi connectivity index (χ1) is 13.1. The third kappa shape index (κ3) is 6.90. The summed E-state index contributed by atoms with van der Waals surface area (Å²) in [5.74, 6) is 0.652. The van der Waals surface area contributed by atoms with Gasteiger partial charge in [-0.25, -0.2) is 4.99 Å². The van der Waals surface area contributed by atoms with Crippen LogP contribution in [0.25, 0.3) is 0 Å². The molecule has 0 aliphatic carbocycles. The van der Waals surface area contributed by atoms with Crippen LogP contribution in [0.15, 0.2) is 29.3 Å². The van der Waals surface area contributed by atoms with Gasteiger partial charge in [0, 0.05) is 38.9 Å². The highest BCUT2D eigenvalue weighted by Crippen LogP contribution is 2.21. The Morgan fingerprint density at radius 1 is 1.22 bits per heavy atom. The molecule has 27 heavy (non-hydrogen) atoms. The van der Waals surface area contributed by atoms with E-state index in [1.807, 2.05) is 36.1 Å². The molecule has 1 aliphatic heterocycles. The van der Waals surface area contributed by atoms with E-state index < -0.39 is 0 Å². The standard InChI is InChI=1S/C19H29N5O3/c1-3-20-19(23-14-17(25)21-10-12-27-2)22-13-15-6-8-16(9-7-15)24-11-4-5-18(24)26/h6-9H,3-5,10-14H2,1-2H3,(H,21,25)(H2,20,22,23). The zero-order valence-electron chi connectivity index (χ0n) is 16.1. The number of nitrogens with one attached hydrogen (secondary N) is 3. The molecule has 1 aliphatic rings. The lowest BCUT2D eigenvalue weighted by molar-refractivity contribution is -0.120. The number of anilines is 1. The summed E-state index contributed by atoms with van der Waals surface area (Å²) in [4.78, 5) is 29.9. The molecule has 0 spiro atoms. The highest BCUT2D eigenvalue weighted by molar-refractivity contribution is 5.95. The molecule has 3 N–H and O–H groups in total. The van der Waals surface area contributed by atoms with Gasteiger partial charge in [-0.15, -0.1) is 0 Å². The van der Waals surface area contributed by atoms with Crippen LogP contribution in [0, 0.1) is 0 Å². The van der Waals surface area contributed by atoms with Crippen LogP contribution in [0.5, 0.6) is 0 Å². The van der Waals surface area contributed by atoms with Crippen molar-refractivity contribution < 1.29 is 14.3 Å². The van der Waals surface area contributed by atoms with Crippen LogP contribution in [-0.4, -0.2) is 57.7 Å². The Morgan fingerprint density at radius 3 is 2.63 bits per heavy atom. The van der Waals surface area contributed by atoms with E-state index in [0.717, 1.165) is 24.2 Å². The first kappa shape index (κ1) is 20.7. The number of amides is 2. The van der Waals surface area contributed by atoms with Crippen molar-refractivity contribution in [2.75, 3.05) is 44.8 Å². The molecule has 0 aromatic heterocycles. The molecule has 1 aromatic rings. The van der Waals surface area contributed by atoms with Gasteiger partial charge < -0.3 is 25.6 Å². The molecule has 2 amide bonds. The smallest absolute Gasteiger partial charge is 0.239 e. The van der Waals surface area contributed by atoms with Crippen LogP contribution in [0.2, 0.25) is 0 Å². The van der Waals surface area contributed by atoms with Crippen molar-refractivity contribution in [1.82, 2.24) is 16.0 Å². The summed E-state index contributed by atoms with van der Waals surface area (Å²) in [6, 6.07) is 7.87. The Labute approximate surface area is 160 Å². The highest BCUT2D eigenvalue weighted by atomic mass is 16.5. The maximum absolute atomic E-state index is 11.8. The number of aliphatic imine (C=N–C) groups is 1. The second-order valence-corrected chi connectivity index (χ2v) is 6.21. The van der Waals surface area contributed by atoms with Gasteiger partial charge in [-0.1, -0.05) is 12.1 Å². The lowest BCUT2D eigenvalue weighted by atomic mass is 10.2. The van der Waals surface area contributed by atoms with Crippen molar-refractivity contribution in [1.29, 1.82) is 0 Å². The van der Waals surface area contributed by atoms with E-state index in [1.165, 1.54) is 0 Å². The Kier molecular flexibility index (Phi) is 8.57. The minimum Gasteiger partial charge on any atom is -0.383 e. The summed E-state index contributed by atoms with van der Waals surface area (Å²) >= 11 is 0. The lowest BCUT2D eigenvalue weighted by Gasteiger charge is -2.16. The second kappa shape index (κ2) is 11.2. The quantitative estimate of drug-likeness (QED) is 0.334. The monoisotopic (exact) mass is 375 g/mol. The van der Waals surface area contributed by atoms with Gasteiger partial charge in [-0.05, 0) is 31.0 Å². The summed E-state index contributed by atoms with van der Waals surface area (Å²) in [6.45, 7) is 5.05. The molecule has 0 unspecified atom stereocenters. The third-order valence-electron chi connectivity index (χ3n) is 4.13. The van der Waals surface area contributed by atoms with E-state index >= 15 is 0 Å². The number of carbonyl (C=O) groups excluding carboxylic acids is 2. The fourth-order valence-corrected chi connectivity index (χ4v) is 2.73. The number of methoxy groups -OCH3 is 1. The topological polar surface area (TPSA) is 95.1 Å². The summed E-state index contributed by atoms with van der Waals surface area (Å²) < 4.78 is 4.90. The molecule has 2 rings (SSSR count). The Balaban J connectivity index is 1.86. The zero-order chi connectivity index (χ0) is 19.5. The average Bonchev–Trinajstić information content (AvgIpc) is 3.10. The van der Waals surface area contributed by atoms with E-state index in [9.17, 15) is 9.59 Å². The molecule has 1 heterocycles. The van der Waals surface area contributed by atoms with Crippen LogP contribution in [0.1, 0.15) is 25.3 Å². The summed E-state index contributed by atoms with van der Waals surface area (Å²) in [6.07, 6.45) is 1.55. The van der Waals surface area contributed by atoms with E-state index in [0.29, 0.717) is 38.6 Å².